The van der Waals surface area contributed by atoms with E-state index in [1.54, 1.807) is 0 Å². The number of benzene rings is 1. The summed E-state index contributed by atoms with van der Waals surface area (Å²) in [5.41, 5.74) is 1.59. The molecular weight excluding hydrogens is 170 g/mol. The average Bonchev–Trinajstić information content (AvgIpc) is 2.27. The summed E-state index contributed by atoms with van der Waals surface area (Å²) in [5.74, 6) is 0. The van der Waals surface area contributed by atoms with Gasteiger partial charge in [-0.25, -0.2) is 0 Å². The third-order valence-electron chi connectivity index (χ3n) is 3.05. The van der Waals surface area contributed by atoms with Crippen LogP contribution in [0.4, 0.5) is 0 Å². The van der Waals surface area contributed by atoms with E-state index >= 15 is 0 Å². The molecule has 78 valence electrons. The van der Waals surface area contributed by atoms with E-state index < -0.39 is 0 Å². The van der Waals surface area contributed by atoms with E-state index in [9.17, 15) is 0 Å². The Balaban J connectivity index is 2.98. The van der Waals surface area contributed by atoms with E-state index in [1.165, 1.54) is 5.56 Å². The Labute approximate surface area is 87.5 Å². The lowest BCUT2D eigenvalue weighted by Gasteiger charge is -2.33. The molecule has 1 aromatic carbocycles. The van der Waals surface area contributed by atoms with E-state index in [-0.39, 0.29) is 5.54 Å². The van der Waals surface area contributed by atoms with Crippen LogP contribution < -0.4 is 5.32 Å². The maximum absolute atomic E-state index is 3.61. The van der Waals surface area contributed by atoms with E-state index in [2.05, 4.69) is 56.4 Å². The molecule has 0 amide bonds. The zero-order chi connectivity index (χ0) is 10.4. The van der Waals surface area contributed by atoms with Gasteiger partial charge in [-0.2, -0.15) is 0 Å². The molecular formula is C13H21N. The Morgan fingerprint density at radius 3 is 2.00 bits per heavy atom. The van der Waals surface area contributed by atoms with Crippen LogP contribution in [0.2, 0.25) is 0 Å². The molecule has 0 atom stereocenters. The summed E-state index contributed by atoms with van der Waals surface area (Å²) in [5, 5.41) is 3.61. The highest BCUT2D eigenvalue weighted by molar-refractivity contribution is 5.24. The Hall–Kier alpha value is -0.820. The molecule has 0 heterocycles. The molecule has 0 spiro atoms. The van der Waals surface area contributed by atoms with Crippen LogP contribution in [0.25, 0.3) is 0 Å². The number of nitrogens with one attached hydrogen (secondary N) is 1. The predicted octanol–water partition coefficient (Wildman–Crippen LogP) is 3.31. The van der Waals surface area contributed by atoms with Crippen LogP contribution in [-0.2, 0) is 5.54 Å². The monoisotopic (exact) mass is 191 g/mol. The van der Waals surface area contributed by atoms with Gasteiger partial charge < -0.3 is 5.32 Å². The summed E-state index contributed by atoms with van der Waals surface area (Å²) >= 11 is 0. The second kappa shape index (κ2) is 5.16. The lowest BCUT2D eigenvalue weighted by Crippen LogP contribution is -2.41. The van der Waals surface area contributed by atoms with E-state index in [1.807, 2.05) is 0 Å². The van der Waals surface area contributed by atoms with Crippen molar-refractivity contribution in [3.05, 3.63) is 35.9 Å². The highest BCUT2D eigenvalue weighted by Gasteiger charge is 2.26. The summed E-state index contributed by atoms with van der Waals surface area (Å²) < 4.78 is 0. The van der Waals surface area contributed by atoms with Crippen LogP contribution in [0.3, 0.4) is 0 Å². The third-order valence-corrected chi connectivity index (χ3v) is 3.05. The van der Waals surface area contributed by atoms with Gasteiger partial charge in [0.25, 0.3) is 0 Å². The first-order chi connectivity index (χ1) is 6.79. The smallest absolute Gasteiger partial charge is 0.0429 e. The van der Waals surface area contributed by atoms with Gasteiger partial charge in [0.05, 0.1) is 0 Å². The summed E-state index contributed by atoms with van der Waals surface area (Å²) in [7, 11) is 0. The van der Waals surface area contributed by atoms with Crippen LogP contribution in [0, 0.1) is 0 Å². The van der Waals surface area contributed by atoms with E-state index in [0.29, 0.717) is 0 Å². The molecule has 1 N–H and O–H groups in total. The van der Waals surface area contributed by atoms with Crippen molar-refractivity contribution in [2.75, 3.05) is 6.54 Å². The largest absolute Gasteiger partial charge is 0.308 e. The van der Waals surface area contributed by atoms with Crippen molar-refractivity contribution in [3.8, 4) is 0 Å². The molecule has 0 aliphatic heterocycles. The quantitative estimate of drug-likeness (QED) is 0.753. The molecule has 0 radical (unpaired) electrons. The van der Waals surface area contributed by atoms with Gasteiger partial charge in [-0.1, -0.05) is 51.1 Å². The highest BCUT2D eigenvalue weighted by Crippen LogP contribution is 2.28. The summed E-state index contributed by atoms with van der Waals surface area (Å²) in [4.78, 5) is 0. The lowest BCUT2D eigenvalue weighted by atomic mass is 9.85. The van der Waals surface area contributed by atoms with Gasteiger partial charge in [-0.3, -0.25) is 0 Å². The first-order valence-electron chi connectivity index (χ1n) is 5.59. The molecule has 0 unspecified atom stereocenters. The summed E-state index contributed by atoms with van der Waals surface area (Å²) in [6.45, 7) is 7.69. The second-order valence-electron chi connectivity index (χ2n) is 3.69. The normalized spacial score (nSPS) is 11.6. The maximum atomic E-state index is 3.61. The first-order valence-corrected chi connectivity index (χ1v) is 5.59. The average molecular weight is 191 g/mol. The van der Waals surface area contributed by atoms with Gasteiger partial charge in [-0.05, 0) is 24.9 Å². The summed E-state index contributed by atoms with van der Waals surface area (Å²) in [6, 6.07) is 10.7. The third kappa shape index (κ3) is 2.16. The van der Waals surface area contributed by atoms with Crippen molar-refractivity contribution in [2.45, 2.75) is 39.2 Å². The van der Waals surface area contributed by atoms with Gasteiger partial charge in [0.2, 0.25) is 0 Å². The second-order valence-corrected chi connectivity index (χ2v) is 3.69. The molecule has 0 aliphatic rings. The summed E-state index contributed by atoms with van der Waals surface area (Å²) in [6.07, 6.45) is 2.28. The number of hydrogen-bond donors (Lipinski definition) is 1. The minimum absolute atomic E-state index is 0.177. The fraction of sp³-hybridized carbons (Fsp3) is 0.538. The van der Waals surface area contributed by atoms with Gasteiger partial charge >= 0.3 is 0 Å². The van der Waals surface area contributed by atoms with Crippen molar-refractivity contribution in [2.24, 2.45) is 0 Å². The van der Waals surface area contributed by atoms with Gasteiger partial charge in [0, 0.05) is 5.54 Å². The molecule has 0 aliphatic carbocycles. The molecule has 14 heavy (non-hydrogen) atoms. The van der Waals surface area contributed by atoms with Crippen LogP contribution in [0.1, 0.15) is 39.2 Å². The van der Waals surface area contributed by atoms with Gasteiger partial charge in [0.1, 0.15) is 0 Å². The van der Waals surface area contributed by atoms with Crippen LogP contribution >= 0.6 is 0 Å². The van der Waals surface area contributed by atoms with Crippen molar-refractivity contribution >= 4 is 0 Å². The van der Waals surface area contributed by atoms with Crippen molar-refractivity contribution < 1.29 is 0 Å². The number of hydrogen-bond acceptors (Lipinski definition) is 1. The van der Waals surface area contributed by atoms with Crippen molar-refractivity contribution in [1.82, 2.24) is 5.32 Å². The first kappa shape index (κ1) is 11.3. The minimum atomic E-state index is 0.177. The van der Waals surface area contributed by atoms with E-state index in [0.717, 1.165) is 19.4 Å². The standard InChI is InChI=1S/C13H21N/c1-4-13(5-2,14-6-3)12-10-8-7-9-11-12/h7-11,14H,4-6H2,1-3H3. The molecule has 1 aromatic rings. The molecule has 1 rings (SSSR count). The molecule has 0 saturated carbocycles. The Morgan fingerprint density at radius 2 is 1.57 bits per heavy atom. The fourth-order valence-corrected chi connectivity index (χ4v) is 2.11. The van der Waals surface area contributed by atoms with E-state index in [4.69, 9.17) is 0 Å². The molecule has 0 saturated heterocycles. The van der Waals surface area contributed by atoms with Crippen LogP contribution in [0.15, 0.2) is 30.3 Å². The molecule has 0 aromatic heterocycles. The fourth-order valence-electron chi connectivity index (χ4n) is 2.11. The van der Waals surface area contributed by atoms with Crippen molar-refractivity contribution in [3.63, 3.8) is 0 Å². The van der Waals surface area contributed by atoms with Gasteiger partial charge in [0.15, 0.2) is 0 Å². The topological polar surface area (TPSA) is 12.0 Å². The minimum Gasteiger partial charge on any atom is -0.308 e. The zero-order valence-electron chi connectivity index (χ0n) is 9.51. The van der Waals surface area contributed by atoms with Gasteiger partial charge in [-0.15, -0.1) is 0 Å². The maximum Gasteiger partial charge on any atom is 0.0429 e. The number of rotatable bonds is 5. The Morgan fingerprint density at radius 1 is 1.00 bits per heavy atom. The molecule has 1 heteroatoms. The van der Waals surface area contributed by atoms with Crippen LogP contribution in [-0.4, -0.2) is 6.54 Å². The SMILES string of the molecule is CCNC(CC)(CC)c1ccccc1. The van der Waals surface area contributed by atoms with Crippen molar-refractivity contribution in [1.29, 1.82) is 0 Å². The van der Waals surface area contributed by atoms with Crippen LogP contribution in [0.5, 0.6) is 0 Å². The molecule has 0 fully saturated rings. The Bertz CT molecular complexity index is 249. The molecule has 0 bridgehead atoms. The lowest BCUT2D eigenvalue weighted by molar-refractivity contribution is 0.316. The predicted molar refractivity (Wildman–Crippen MR) is 62.4 cm³/mol. The molecule has 1 nitrogen and oxygen atoms in total. The highest BCUT2D eigenvalue weighted by atomic mass is 15.0. The Kier molecular flexibility index (Phi) is 4.15. The zero-order valence-corrected chi connectivity index (χ0v) is 9.51.